The number of alkyl carbamates (subject to hydrolysis) is 1. The maximum Gasteiger partial charge on any atom is 0.407 e. The van der Waals surface area contributed by atoms with Gasteiger partial charge in [-0.1, -0.05) is 0 Å². The van der Waals surface area contributed by atoms with Crippen molar-refractivity contribution in [2.24, 2.45) is 0 Å². The number of amides is 1. The number of fused-ring (bicyclic) bond motifs is 1. The molecule has 0 unspecified atom stereocenters. The van der Waals surface area contributed by atoms with Crippen LogP contribution in [-0.4, -0.2) is 39.6 Å². The molecule has 1 amide bonds. The first-order valence-corrected chi connectivity index (χ1v) is 6.78. The molecule has 1 aromatic heterocycles. The number of hydrogen-bond donors (Lipinski definition) is 1. The fourth-order valence-corrected chi connectivity index (χ4v) is 2.14. The van der Waals surface area contributed by atoms with Gasteiger partial charge in [0.25, 0.3) is 0 Å². The third-order valence-corrected chi connectivity index (χ3v) is 2.90. The van der Waals surface area contributed by atoms with E-state index in [2.05, 4.69) is 15.4 Å². The average Bonchev–Trinajstić information content (AvgIpc) is 2.68. The number of carbonyl (C=O) groups is 1. The van der Waals surface area contributed by atoms with Gasteiger partial charge in [-0.05, 0) is 27.2 Å². The zero-order valence-corrected chi connectivity index (χ0v) is 12.5. The zero-order chi connectivity index (χ0) is 14.8. The first-order chi connectivity index (χ1) is 9.37. The molecule has 1 aliphatic rings. The highest BCUT2D eigenvalue weighted by atomic mass is 16.6. The number of rotatable bonds is 3. The highest BCUT2D eigenvalue weighted by Crippen LogP contribution is 2.14. The lowest BCUT2D eigenvalue weighted by Crippen LogP contribution is -2.43. The Labute approximate surface area is 118 Å². The Hall–Kier alpha value is -1.63. The van der Waals surface area contributed by atoms with Crippen LogP contribution in [0.2, 0.25) is 0 Å². The van der Waals surface area contributed by atoms with Crippen LogP contribution in [0.1, 0.15) is 38.8 Å². The highest BCUT2D eigenvalue weighted by molar-refractivity contribution is 5.68. The minimum atomic E-state index is -0.483. The van der Waals surface area contributed by atoms with Gasteiger partial charge in [-0.25, -0.2) is 14.5 Å². The Balaban J connectivity index is 1.92. The first kappa shape index (κ1) is 14.8. The van der Waals surface area contributed by atoms with E-state index in [4.69, 9.17) is 9.47 Å². The molecule has 7 heteroatoms. The predicted octanol–water partition coefficient (Wildman–Crippen LogP) is 1.26. The number of methoxy groups -OCH3 is 1. The molecule has 7 nitrogen and oxygen atoms in total. The molecule has 0 spiro atoms. The SMILES string of the molecule is COCc1nc2n(n1)C[C@@H](NC(=O)OC(C)(C)C)CC2. The quantitative estimate of drug-likeness (QED) is 0.903. The number of aryl methyl sites for hydroxylation is 1. The Morgan fingerprint density at radius 3 is 2.90 bits per heavy atom. The molecule has 0 saturated heterocycles. The average molecular weight is 282 g/mol. The van der Waals surface area contributed by atoms with Gasteiger partial charge in [0.15, 0.2) is 5.82 Å². The van der Waals surface area contributed by atoms with Crippen molar-refractivity contribution < 1.29 is 14.3 Å². The van der Waals surface area contributed by atoms with E-state index < -0.39 is 5.60 Å². The van der Waals surface area contributed by atoms with E-state index in [9.17, 15) is 4.79 Å². The summed E-state index contributed by atoms with van der Waals surface area (Å²) in [6.07, 6.45) is 1.24. The lowest BCUT2D eigenvalue weighted by atomic mass is 10.1. The lowest BCUT2D eigenvalue weighted by Gasteiger charge is -2.26. The molecule has 1 atom stereocenters. The van der Waals surface area contributed by atoms with Crippen LogP contribution in [0.15, 0.2) is 0 Å². The summed E-state index contributed by atoms with van der Waals surface area (Å²) in [7, 11) is 1.62. The number of aromatic nitrogens is 3. The summed E-state index contributed by atoms with van der Waals surface area (Å²) < 4.78 is 12.1. The van der Waals surface area contributed by atoms with Crippen molar-refractivity contribution in [2.45, 2.75) is 58.4 Å². The molecule has 1 aromatic rings. The molecule has 20 heavy (non-hydrogen) atoms. The van der Waals surface area contributed by atoms with Gasteiger partial charge in [-0.3, -0.25) is 0 Å². The van der Waals surface area contributed by atoms with Crippen molar-refractivity contribution in [3.05, 3.63) is 11.6 Å². The number of hydrogen-bond acceptors (Lipinski definition) is 5. The van der Waals surface area contributed by atoms with Crippen molar-refractivity contribution in [3.8, 4) is 0 Å². The van der Waals surface area contributed by atoms with E-state index in [1.165, 1.54) is 0 Å². The standard InChI is InChI=1S/C13H22N4O3/c1-13(2,3)20-12(18)14-9-5-6-11-15-10(8-19-4)16-17(11)7-9/h9H,5-8H2,1-4H3,(H,14,18)/t9-/m0/s1. The smallest absolute Gasteiger partial charge is 0.407 e. The minimum absolute atomic E-state index is 0.0226. The second-order valence-corrected chi connectivity index (χ2v) is 5.94. The number of carbonyl (C=O) groups excluding carboxylic acids is 1. The number of ether oxygens (including phenoxy) is 2. The number of nitrogens with zero attached hydrogens (tertiary/aromatic N) is 3. The molecule has 2 heterocycles. The molecule has 0 aliphatic carbocycles. The lowest BCUT2D eigenvalue weighted by molar-refractivity contribution is 0.0491. The largest absolute Gasteiger partial charge is 0.444 e. The molecule has 0 fully saturated rings. The van der Waals surface area contributed by atoms with Gasteiger partial charge in [0, 0.05) is 13.5 Å². The van der Waals surface area contributed by atoms with Gasteiger partial charge in [0.1, 0.15) is 18.0 Å². The summed E-state index contributed by atoms with van der Waals surface area (Å²) in [6.45, 7) is 6.56. The van der Waals surface area contributed by atoms with Crippen molar-refractivity contribution >= 4 is 6.09 Å². The molecule has 2 rings (SSSR count). The maximum atomic E-state index is 11.7. The van der Waals surface area contributed by atoms with E-state index in [0.717, 1.165) is 18.7 Å². The Bertz CT molecular complexity index is 478. The fourth-order valence-electron chi connectivity index (χ4n) is 2.14. The van der Waals surface area contributed by atoms with E-state index >= 15 is 0 Å². The van der Waals surface area contributed by atoms with Crippen LogP contribution < -0.4 is 5.32 Å². The second kappa shape index (κ2) is 5.78. The van der Waals surface area contributed by atoms with Crippen molar-refractivity contribution in [2.75, 3.05) is 7.11 Å². The topological polar surface area (TPSA) is 78.3 Å². The summed E-state index contributed by atoms with van der Waals surface area (Å²) in [4.78, 5) is 16.1. The third-order valence-electron chi connectivity index (χ3n) is 2.90. The van der Waals surface area contributed by atoms with Crippen molar-refractivity contribution in [1.29, 1.82) is 0 Å². The summed E-state index contributed by atoms with van der Waals surface area (Å²) in [5.74, 6) is 1.62. The molecule has 1 aliphatic heterocycles. The highest BCUT2D eigenvalue weighted by Gasteiger charge is 2.25. The van der Waals surface area contributed by atoms with Gasteiger partial charge in [0.05, 0.1) is 12.6 Å². The number of nitrogens with one attached hydrogen (secondary N) is 1. The van der Waals surface area contributed by atoms with Gasteiger partial charge in [-0.15, -0.1) is 0 Å². The monoisotopic (exact) mass is 282 g/mol. The van der Waals surface area contributed by atoms with Gasteiger partial charge in [-0.2, -0.15) is 5.10 Å². The summed E-state index contributed by atoms with van der Waals surface area (Å²) >= 11 is 0. The Kier molecular flexibility index (Phi) is 4.27. The fraction of sp³-hybridized carbons (Fsp3) is 0.769. The molecule has 112 valence electrons. The van der Waals surface area contributed by atoms with Gasteiger partial charge >= 0.3 is 6.09 Å². The van der Waals surface area contributed by atoms with Crippen molar-refractivity contribution in [3.63, 3.8) is 0 Å². The van der Waals surface area contributed by atoms with E-state index in [-0.39, 0.29) is 12.1 Å². The first-order valence-electron chi connectivity index (χ1n) is 6.78. The van der Waals surface area contributed by atoms with Crippen LogP contribution >= 0.6 is 0 Å². The van der Waals surface area contributed by atoms with E-state index in [1.807, 2.05) is 25.5 Å². The minimum Gasteiger partial charge on any atom is -0.444 e. The summed E-state index contributed by atoms with van der Waals surface area (Å²) in [6, 6.07) is 0.0226. The van der Waals surface area contributed by atoms with Crippen LogP contribution in [0.25, 0.3) is 0 Å². The van der Waals surface area contributed by atoms with Crippen LogP contribution in [0.4, 0.5) is 4.79 Å². The van der Waals surface area contributed by atoms with Crippen LogP contribution in [0.5, 0.6) is 0 Å². The molecule has 1 N–H and O–H groups in total. The second-order valence-electron chi connectivity index (χ2n) is 5.94. The molecule has 0 saturated carbocycles. The van der Waals surface area contributed by atoms with Crippen LogP contribution in [-0.2, 0) is 29.0 Å². The molecular formula is C13H22N4O3. The van der Waals surface area contributed by atoms with Crippen LogP contribution in [0, 0.1) is 0 Å². The normalized spacial score (nSPS) is 18.5. The summed E-state index contributed by atoms with van der Waals surface area (Å²) in [5, 5.41) is 7.24. The molecule has 0 radical (unpaired) electrons. The van der Waals surface area contributed by atoms with Gasteiger partial charge < -0.3 is 14.8 Å². The van der Waals surface area contributed by atoms with E-state index in [0.29, 0.717) is 19.0 Å². The Morgan fingerprint density at radius 1 is 1.50 bits per heavy atom. The molecular weight excluding hydrogens is 260 g/mol. The third kappa shape index (κ3) is 3.93. The zero-order valence-electron chi connectivity index (χ0n) is 12.5. The maximum absolute atomic E-state index is 11.7. The summed E-state index contributed by atoms with van der Waals surface area (Å²) in [5.41, 5.74) is -0.483. The molecule has 0 aromatic carbocycles. The Morgan fingerprint density at radius 2 is 2.25 bits per heavy atom. The van der Waals surface area contributed by atoms with Crippen molar-refractivity contribution in [1.82, 2.24) is 20.1 Å². The molecule has 0 bridgehead atoms. The van der Waals surface area contributed by atoms with E-state index in [1.54, 1.807) is 7.11 Å². The predicted molar refractivity (Wildman–Crippen MR) is 72.2 cm³/mol. The van der Waals surface area contributed by atoms with Crippen LogP contribution in [0.3, 0.4) is 0 Å². The van der Waals surface area contributed by atoms with Gasteiger partial charge in [0.2, 0.25) is 0 Å².